The molecule has 11 heteroatoms. The number of hydrogen-bond acceptors (Lipinski definition) is 8. The predicted octanol–water partition coefficient (Wildman–Crippen LogP) is 5.32. The molecule has 2 bridgehead atoms. The zero-order valence-electron chi connectivity index (χ0n) is 25.9. The first-order valence-corrected chi connectivity index (χ1v) is 16.2. The fraction of sp³-hybridized carbons (Fsp3) is 0.417. The van der Waals surface area contributed by atoms with E-state index >= 15 is 4.39 Å². The number of alkyl halides is 1. The summed E-state index contributed by atoms with van der Waals surface area (Å²) in [4.78, 5) is 18.6. The molecule has 5 aliphatic heterocycles. The Morgan fingerprint density at radius 2 is 2.02 bits per heavy atom. The van der Waals surface area contributed by atoms with Crippen LogP contribution in [-0.4, -0.2) is 82.0 Å². The molecule has 6 atom stereocenters. The average molecular weight is 639 g/mol. The van der Waals surface area contributed by atoms with E-state index in [4.69, 9.17) is 25.9 Å². The number of aromatic nitrogens is 3. The van der Waals surface area contributed by atoms with Gasteiger partial charge in [0.25, 0.3) is 0 Å². The molecule has 2 aromatic carbocycles. The van der Waals surface area contributed by atoms with Gasteiger partial charge in [-0.25, -0.2) is 18.2 Å². The Morgan fingerprint density at radius 3 is 2.87 bits per heavy atom. The first-order valence-electron chi connectivity index (χ1n) is 16.2. The Bertz CT molecular complexity index is 2050. The van der Waals surface area contributed by atoms with Crippen LogP contribution in [0.15, 0.2) is 42.5 Å². The van der Waals surface area contributed by atoms with Crippen LogP contribution >= 0.6 is 0 Å². The van der Waals surface area contributed by atoms with Crippen LogP contribution in [0.5, 0.6) is 11.9 Å². The quantitative estimate of drug-likeness (QED) is 0.238. The van der Waals surface area contributed by atoms with Crippen LogP contribution in [-0.2, 0) is 0 Å². The zero-order chi connectivity index (χ0) is 32.2. The summed E-state index contributed by atoms with van der Waals surface area (Å²) in [7, 11) is 0. The highest BCUT2D eigenvalue weighted by atomic mass is 19.1. The van der Waals surface area contributed by atoms with E-state index in [1.54, 1.807) is 24.3 Å². The first-order chi connectivity index (χ1) is 22.7. The van der Waals surface area contributed by atoms with Crippen molar-refractivity contribution < 1.29 is 22.6 Å². The number of anilines is 1. The van der Waals surface area contributed by atoms with Gasteiger partial charge in [0, 0.05) is 49.1 Å². The van der Waals surface area contributed by atoms with Crippen molar-refractivity contribution in [2.45, 2.75) is 68.5 Å². The van der Waals surface area contributed by atoms with Crippen LogP contribution < -0.4 is 19.7 Å². The van der Waals surface area contributed by atoms with Crippen LogP contribution in [0.1, 0.15) is 38.2 Å². The van der Waals surface area contributed by atoms with E-state index in [9.17, 15) is 8.78 Å². The molecule has 240 valence electrons. The highest BCUT2D eigenvalue weighted by Crippen LogP contribution is 2.46. The van der Waals surface area contributed by atoms with Gasteiger partial charge >= 0.3 is 6.01 Å². The van der Waals surface area contributed by atoms with Gasteiger partial charge in [0.05, 0.1) is 17.1 Å². The van der Waals surface area contributed by atoms with Gasteiger partial charge in [-0.15, -0.1) is 6.42 Å². The van der Waals surface area contributed by atoms with Gasteiger partial charge < -0.3 is 19.7 Å². The van der Waals surface area contributed by atoms with Gasteiger partial charge in [-0.05, 0) is 37.6 Å². The van der Waals surface area contributed by atoms with Crippen molar-refractivity contribution in [2.75, 3.05) is 31.1 Å². The monoisotopic (exact) mass is 638 g/mol. The Balaban J connectivity index is 1.25. The van der Waals surface area contributed by atoms with Crippen molar-refractivity contribution in [3.63, 3.8) is 0 Å². The highest BCUT2D eigenvalue weighted by molar-refractivity contribution is 6.03. The van der Waals surface area contributed by atoms with Crippen LogP contribution in [0.2, 0.25) is 0 Å². The summed E-state index contributed by atoms with van der Waals surface area (Å²) in [6, 6.07) is 8.43. The Kier molecular flexibility index (Phi) is 6.31. The van der Waals surface area contributed by atoms with Gasteiger partial charge in [-0.3, -0.25) is 4.90 Å². The molecular weight excluding hydrogens is 605 g/mol. The minimum Gasteiger partial charge on any atom is -0.472 e. The lowest BCUT2D eigenvalue weighted by Crippen LogP contribution is -2.62. The Hall–Kier alpha value is -4.40. The van der Waals surface area contributed by atoms with E-state index in [2.05, 4.69) is 32.6 Å². The second-order valence-electron chi connectivity index (χ2n) is 13.7. The number of piperazine rings is 1. The summed E-state index contributed by atoms with van der Waals surface area (Å²) in [5.74, 6) is 1.84. The molecule has 0 radical (unpaired) electrons. The molecule has 9 rings (SSSR count). The third-order valence-corrected chi connectivity index (χ3v) is 10.8. The Morgan fingerprint density at radius 1 is 1.15 bits per heavy atom. The van der Waals surface area contributed by atoms with Gasteiger partial charge in [-0.1, -0.05) is 42.3 Å². The smallest absolute Gasteiger partial charge is 0.319 e. The molecule has 4 fully saturated rings. The molecule has 5 aliphatic rings. The molecule has 0 spiro atoms. The minimum absolute atomic E-state index is 0.00361. The number of terminal acetylenes is 1. The maximum Gasteiger partial charge on any atom is 0.319 e. The van der Waals surface area contributed by atoms with Crippen LogP contribution in [0.25, 0.3) is 32.9 Å². The molecule has 1 N–H and O–H groups in total. The van der Waals surface area contributed by atoms with Crippen molar-refractivity contribution in [2.24, 2.45) is 0 Å². The molecule has 0 saturated carbocycles. The van der Waals surface area contributed by atoms with E-state index in [-0.39, 0.29) is 59.5 Å². The molecule has 8 nitrogen and oxygen atoms in total. The largest absolute Gasteiger partial charge is 0.472 e. The number of rotatable bonds is 4. The van der Waals surface area contributed by atoms with Crippen molar-refractivity contribution in [1.29, 1.82) is 0 Å². The number of fused-ring (bicyclic) bond motifs is 7. The van der Waals surface area contributed by atoms with E-state index in [0.717, 1.165) is 18.4 Å². The lowest BCUT2D eigenvalue weighted by molar-refractivity contribution is 0.107. The molecule has 0 unspecified atom stereocenters. The zero-order valence-corrected chi connectivity index (χ0v) is 25.9. The fourth-order valence-corrected chi connectivity index (χ4v) is 8.87. The highest BCUT2D eigenvalue weighted by Gasteiger charge is 2.51. The number of nitrogens with zero attached hydrogens (tertiary/aromatic N) is 5. The SMILES string of the molecule is C#Cc1c(F)ccc2cccc(-c3nc4c5c(nc(OC[C@]67CC(=C)CN6C[C@H](F)C7)nc5c3F)N3C[C@H]5CC[C@H](N5)[C@H]3[C@H](C)O4)c12. The number of benzene rings is 2. The van der Waals surface area contributed by atoms with E-state index < -0.39 is 23.3 Å². The predicted molar refractivity (Wildman–Crippen MR) is 172 cm³/mol. The fourth-order valence-electron chi connectivity index (χ4n) is 8.87. The normalized spacial score (nSPS) is 29.5. The van der Waals surface area contributed by atoms with Crippen molar-refractivity contribution >= 4 is 27.5 Å². The summed E-state index contributed by atoms with van der Waals surface area (Å²) >= 11 is 0. The van der Waals surface area contributed by atoms with Gasteiger partial charge in [0.15, 0.2) is 5.82 Å². The van der Waals surface area contributed by atoms with Crippen LogP contribution in [0, 0.1) is 24.0 Å². The second kappa shape index (κ2) is 10.3. The number of halogens is 3. The average Bonchev–Trinajstić information content (AvgIpc) is 3.65. The maximum absolute atomic E-state index is 17.1. The van der Waals surface area contributed by atoms with Crippen molar-refractivity contribution in [3.05, 3.63) is 59.7 Å². The molecule has 47 heavy (non-hydrogen) atoms. The number of nitrogens with one attached hydrogen (secondary N) is 1. The van der Waals surface area contributed by atoms with Crippen LogP contribution in [0.3, 0.4) is 0 Å². The minimum atomic E-state index is -0.961. The summed E-state index contributed by atoms with van der Waals surface area (Å²) in [6.07, 6.45) is 7.40. The summed E-state index contributed by atoms with van der Waals surface area (Å²) in [5, 5.41) is 5.09. The molecule has 2 aromatic heterocycles. The second-order valence-corrected chi connectivity index (χ2v) is 13.7. The van der Waals surface area contributed by atoms with Crippen LogP contribution in [0.4, 0.5) is 19.0 Å². The number of pyridine rings is 1. The van der Waals surface area contributed by atoms with Gasteiger partial charge in [-0.2, -0.15) is 9.97 Å². The molecule has 7 heterocycles. The summed E-state index contributed by atoms with van der Waals surface area (Å²) in [5.41, 5.74) is 0.751. The van der Waals surface area contributed by atoms with E-state index in [1.165, 1.54) is 6.07 Å². The first kappa shape index (κ1) is 28.8. The lowest BCUT2D eigenvalue weighted by atomic mass is 9.93. The number of hydrogen-bond donors (Lipinski definition) is 1. The molecule has 4 aromatic rings. The van der Waals surface area contributed by atoms with E-state index in [0.29, 0.717) is 60.0 Å². The van der Waals surface area contributed by atoms with E-state index in [1.807, 2.05) is 6.92 Å². The third kappa shape index (κ3) is 4.27. The lowest BCUT2D eigenvalue weighted by Gasteiger charge is -2.42. The topological polar surface area (TPSA) is 75.6 Å². The molecule has 0 amide bonds. The molecular formula is C36H33F3N6O2. The molecule has 4 saturated heterocycles. The standard InChI is InChI=1S/C36H33F3N6O2/c1-4-23-25(38)10-8-20-6-5-7-24(27(20)23)30-29(39)31-28-33(45-16-22-9-11-26(40-22)32(45)19(3)47-34(28)41-30)43-35(42-31)46-17-36-12-18(2)14-44(36)15-21(37)13-36/h1,5-8,10,19,21-22,26,32,40H,2,9,11-17H2,3H3/t19-,21+,22+,26-,32+,36+/m0/s1. The summed E-state index contributed by atoms with van der Waals surface area (Å²) < 4.78 is 59.6. The number of ether oxygens (including phenoxy) is 2. The van der Waals surface area contributed by atoms with Crippen molar-refractivity contribution in [1.82, 2.24) is 25.2 Å². The van der Waals surface area contributed by atoms with Gasteiger partial charge in [0.1, 0.15) is 47.1 Å². The third-order valence-electron chi connectivity index (χ3n) is 10.8. The van der Waals surface area contributed by atoms with Crippen molar-refractivity contribution in [3.8, 4) is 35.5 Å². The molecule has 0 aliphatic carbocycles. The Labute approximate surface area is 270 Å². The summed E-state index contributed by atoms with van der Waals surface area (Å²) in [6.45, 7) is 7.87. The van der Waals surface area contributed by atoms with Gasteiger partial charge in [0.2, 0.25) is 5.88 Å². The maximum atomic E-state index is 17.1.